The van der Waals surface area contributed by atoms with Crippen LogP contribution in [-0.2, 0) is 22.4 Å². The van der Waals surface area contributed by atoms with Crippen LogP contribution in [0.15, 0.2) is 53.6 Å². The standard InChI is InChI=1S/C29H31N3O6S/c1-4-37-29(36)25-23-14-5-17(2)15-24(23)39-28(25)31-27(35)20-8-12-22(13-9-20)38-18(3)26(34)32-30-16-19-6-10-21(33)11-7-19/h6-13,16-18,33H,4-5,14-15H2,1-3H3,(H,31,35)(H,32,34)/b30-16+/t17-,18-/m1/s1. The lowest BCUT2D eigenvalue weighted by Crippen LogP contribution is -2.33. The van der Waals surface area contributed by atoms with E-state index < -0.39 is 18.0 Å². The van der Waals surface area contributed by atoms with Gasteiger partial charge >= 0.3 is 5.97 Å². The van der Waals surface area contributed by atoms with Crippen molar-refractivity contribution in [3.63, 3.8) is 0 Å². The quantitative estimate of drug-likeness (QED) is 0.198. The smallest absolute Gasteiger partial charge is 0.341 e. The number of hydrogen-bond donors (Lipinski definition) is 3. The summed E-state index contributed by atoms with van der Waals surface area (Å²) in [4.78, 5) is 39.2. The first-order valence-corrected chi connectivity index (χ1v) is 13.6. The Balaban J connectivity index is 1.37. The number of thiophene rings is 1. The highest BCUT2D eigenvalue weighted by atomic mass is 32.1. The van der Waals surface area contributed by atoms with E-state index in [2.05, 4.69) is 22.8 Å². The highest BCUT2D eigenvalue weighted by Gasteiger charge is 2.29. The highest BCUT2D eigenvalue weighted by Crippen LogP contribution is 2.40. The van der Waals surface area contributed by atoms with Crippen LogP contribution in [0.2, 0.25) is 0 Å². The molecule has 10 heteroatoms. The Morgan fingerprint density at radius 1 is 1.15 bits per heavy atom. The number of rotatable bonds is 9. The number of aromatic hydroxyl groups is 1. The van der Waals surface area contributed by atoms with Gasteiger partial charge in [-0.3, -0.25) is 9.59 Å². The summed E-state index contributed by atoms with van der Waals surface area (Å²) in [6.45, 7) is 5.79. The van der Waals surface area contributed by atoms with Gasteiger partial charge in [0.15, 0.2) is 6.10 Å². The van der Waals surface area contributed by atoms with Gasteiger partial charge in [0.05, 0.1) is 18.4 Å². The number of carbonyl (C=O) groups excluding carboxylic acids is 3. The lowest BCUT2D eigenvalue weighted by Gasteiger charge is -2.18. The molecule has 1 aliphatic carbocycles. The van der Waals surface area contributed by atoms with Crippen molar-refractivity contribution in [1.82, 2.24) is 5.43 Å². The number of benzene rings is 2. The van der Waals surface area contributed by atoms with Gasteiger partial charge < -0.3 is 19.9 Å². The van der Waals surface area contributed by atoms with Gasteiger partial charge in [0.25, 0.3) is 11.8 Å². The number of carbonyl (C=O) groups is 3. The first-order valence-electron chi connectivity index (χ1n) is 12.8. The molecule has 3 N–H and O–H groups in total. The van der Waals surface area contributed by atoms with Crippen LogP contribution in [-0.4, -0.2) is 41.8 Å². The molecule has 2 aromatic carbocycles. The van der Waals surface area contributed by atoms with Gasteiger partial charge in [-0.25, -0.2) is 10.2 Å². The Morgan fingerprint density at radius 2 is 1.87 bits per heavy atom. The number of nitrogens with one attached hydrogen (secondary N) is 2. The fraction of sp³-hybridized carbons (Fsp3) is 0.310. The van der Waals surface area contributed by atoms with Crippen LogP contribution >= 0.6 is 11.3 Å². The molecule has 204 valence electrons. The van der Waals surface area contributed by atoms with Gasteiger partial charge in [-0.2, -0.15) is 5.10 Å². The minimum atomic E-state index is -0.839. The van der Waals surface area contributed by atoms with Crippen molar-refractivity contribution in [1.29, 1.82) is 0 Å². The van der Waals surface area contributed by atoms with E-state index in [9.17, 15) is 19.5 Å². The van der Waals surface area contributed by atoms with Crippen molar-refractivity contribution >= 4 is 40.3 Å². The van der Waals surface area contributed by atoms with Crippen molar-refractivity contribution in [2.45, 2.75) is 46.1 Å². The lowest BCUT2D eigenvalue weighted by molar-refractivity contribution is -0.127. The van der Waals surface area contributed by atoms with E-state index in [4.69, 9.17) is 9.47 Å². The molecule has 1 aliphatic rings. The fourth-order valence-electron chi connectivity index (χ4n) is 4.20. The predicted molar refractivity (Wildman–Crippen MR) is 150 cm³/mol. The Labute approximate surface area is 230 Å². The summed E-state index contributed by atoms with van der Waals surface area (Å²) in [5.74, 6) is -0.143. The monoisotopic (exact) mass is 549 g/mol. The van der Waals surface area contributed by atoms with Crippen molar-refractivity contribution in [3.05, 3.63) is 75.7 Å². The molecule has 39 heavy (non-hydrogen) atoms. The molecule has 9 nitrogen and oxygen atoms in total. The number of hydrogen-bond acceptors (Lipinski definition) is 8. The van der Waals surface area contributed by atoms with Crippen LogP contribution < -0.4 is 15.5 Å². The van der Waals surface area contributed by atoms with E-state index in [1.807, 2.05) is 0 Å². The topological polar surface area (TPSA) is 126 Å². The molecular formula is C29H31N3O6S. The molecule has 0 saturated carbocycles. The number of anilines is 1. The molecule has 2 amide bonds. The Bertz CT molecular complexity index is 1360. The van der Waals surface area contributed by atoms with E-state index in [-0.39, 0.29) is 18.3 Å². The molecule has 0 unspecified atom stereocenters. The minimum Gasteiger partial charge on any atom is -0.508 e. The Kier molecular flexibility index (Phi) is 8.98. The number of phenolic OH excluding ortho intramolecular Hbond substituents is 1. The molecule has 3 aromatic rings. The molecule has 4 rings (SSSR count). The molecule has 1 aromatic heterocycles. The van der Waals surface area contributed by atoms with Crippen LogP contribution in [0.4, 0.5) is 5.00 Å². The Hall–Kier alpha value is -4.18. The number of esters is 1. The minimum absolute atomic E-state index is 0.142. The van der Waals surface area contributed by atoms with Gasteiger partial charge in [0, 0.05) is 10.4 Å². The molecule has 0 saturated heterocycles. The summed E-state index contributed by atoms with van der Waals surface area (Å²) in [6, 6.07) is 12.8. The van der Waals surface area contributed by atoms with Gasteiger partial charge in [0.1, 0.15) is 16.5 Å². The normalized spacial score (nSPS) is 15.3. The van der Waals surface area contributed by atoms with Gasteiger partial charge in [-0.05, 0) is 98.7 Å². The Morgan fingerprint density at radius 3 is 2.56 bits per heavy atom. The number of fused-ring (bicyclic) bond motifs is 1. The first-order chi connectivity index (χ1) is 18.7. The number of nitrogens with zero attached hydrogens (tertiary/aromatic N) is 1. The van der Waals surface area contributed by atoms with Crippen LogP contribution in [0.5, 0.6) is 11.5 Å². The summed E-state index contributed by atoms with van der Waals surface area (Å²) in [5, 5.41) is 16.6. The number of ether oxygens (including phenoxy) is 2. The maximum atomic E-state index is 13.0. The van der Waals surface area contributed by atoms with Crippen molar-refractivity contribution in [3.8, 4) is 11.5 Å². The van der Waals surface area contributed by atoms with Crippen LogP contribution in [0.3, 0.4) is 0 Å². The van der Waals surface area contributed by atoms with Gasteiger partial charge in [-0.15, -0.1) is 11.3 Å². The fourth-order valence-corrected chi connectivity index (χ4v) is 5.59. The average Bonchev–Trinajstić information content (AvgIpc) is 3.27. The zero-order chi connectivity index (χ0) is 27.9. The van der Waals surface area contributed by atoms with Crippen molar-refractivity contribution < 1.29 is 29.0 Å². The predicted octanol–water partition coefficient (Wildman–Crippen LogP) is 4.93. The van der Waals surface area contributed by atoms with Gasteiger partial charge in [0.2, 0.25) is 0 Å². The molecule has 0 spiro atoms. The summed E-state index contributed by atoms with van der Waals surface area (Å²) >= 11 is 1.44. The lowest BCUT2D eigenvalue weighted by atomic mass is 9.88. The number of amides is 2. The molecule has 0 aliphatic heterocycles. The third kappa shape index (κ3) is 7.02. The summed E-state index contributed by atoms with van der Waals surface area (Å²) < 4.78 is 11.0. The van der Waals surface area contributed by atoms with E-state index in [0.717, 1.165) is 29.7 Å². The van der Waals surface area contributed by atoms with Crippen LogP contribution in [0, 0.1) is 5.92 Å². The van der Waals surface area contributed by atoms with Crippen LogP contribution in [0.1, 0.15) is 63.9 Å². The summed E-state index contributed by atoms with van der Waals surface area (Å²) in [7, 11) is 0. The third-order valence-corrected chi connectivity index (χ3v) is 7.47. The summed E-state index contributed by atoms with van der Waals surface area (Å²) in [6.07, 6.45) is 3.27. The average molecular weight is 550 g/mol. The maximum absolute atomic E-state index is 13.0. The van der Waals surface area contributed by atoms with Crippen LogP contribution in [0.25, 0.3) is 0 Å². The van der Waals surface area contributed by atoms with Crippen molar-refractivity contribution in [2.75, 3.05) is 11.9 Å². The van der Waals surface area contributed by atoms with E-state index >= 15 is 0 Å². The molecule has 2 atom stereocenters. The second-order valence-corrected chi connectivity index (χ2v) is 10.4. The van der Waals surface area contributed by atoms with Crippen molar-refractivity contribution in [2.24, 2.45) is 11.0 Å². The zero-order valence-corrected chi connectivity index (χ0v) is 22.8. The molecule has 1 heterocycles. The molecule has 0 radical (unpaired) electrons. The van der Waals surface area contributed by atoms with E-state index in [1.165, 1.54) is 29.7 Å². The number of hydrazone groups is 1. The molecule has 0 bridgehead atoms. The highest BCUT2D eigenvalue weighted by molar-refractivity contribution is 7.17. The maximum Gasteiger partial charge on any atom is 0.341 e. The molecule has 0 fully saturated rings. The van der Waals surface area contributed by atoms with Gasteiger partial charge in [-0.1, -0.05) is 6.92 Å². The summed E-state index contributed by atoms with van der Waals surface area (Å²) in [5.41, 5.74) is 4.95. The third-order valence-electron chi connectivity index (χ3n) is 6.30. The van der Waals surface area contributed by atoms with E-state index in [0.29, 0.717) is 33.4 Å². The van der Waals surface area contributed by atoms with E-state index in [1.54, 1.807) is 50.2 Å². The largest absolute Gasteiger partial charge is 0.508 e. The first kappa shape index (κ1) is 27.8. The second kappa shape index (κ2) is 12.6. The SMILES string of the molecule is CCOC(=O)c1c(NC(=O)c2ccc(O[C@H](C)C(=O)N/N=C/c3ccc(O)cc3)cc2)sc2c1CC[C@@H](C)C2. The molecular weight excluding hydrogens is 518 g/mol. The second-order valence-electron chi connectivity index (χ2n) is 9.34. The number of phenols is 1. The zero-order valence-electron chi connectivity index (χ0n) is 22.0.